The van der Waals surface area contributed by atoms with Gasteiger partial charge >= 0.3 is 0 Å². The predicted molar refractivity (Wildman–Crippen MR) is 68.5 cm³/mol. The lowest BCUT2D eigenvalue weighted by atomic mass is 10.0. The number of aromatic nitrogens is 2. The van der Waals surface area contributed by atoms with Crippen molar-refractivity contribution in [3.05, 3.63) is 6.33 Å². The number of anilines is 2. The SMILES string of the molecule is COc1c(NN)ncnc1NC1CCOC(C)C1. The zero-order chi connectivity index (χ0) is 13.0. The van der Waals surface area contributed by atoms with Gasteiger partial charge in [-0.05, 0) is 19.8 Å². The van der Waals surface area contributed by atoms with E-state index in [1.807, 2.05) is 0 Å². The Morgan fingerprint density at radius 2 is 2.22 bits per heavy atom. The third-order valence-electron chi connectivity index (χ3n) is 2.97. The van der Waals surface area contributed by atoms with Crippen LogP contribution in [0.5, 0.6) is 5.75 Å². The monoisotopic (exact) mass is 253 g/mol. The van der Waals surface area contributed by atoms with Crippen molar-refractivity contribution in [2.24, 2.45) is 5.84 Å². The number of nitrogens with one attached hydrogen (secondary N) is 2. The summed E-state index contributed by atoms with van der Waals surface area (Å²) in [6.07, 6.45) is 3.60. The minimum atomic E-state index is 0.260. The van der Waals surface area contributed by atoms with Gasteiger partial charge in [-0.3, -0.25) is 0 Å². The van der Waals surface area contributed by atoms with Crippen molar-refractivity contribution in [3.8, 4) is 5.75 Å². The molecule has 1 saturated heterocycles. The highest BCUT2D eigenvalue weighted by molar-refractivity contribution is 5.63. The van der Waals surface area contributed by atoms with Crippen molar-refractivity contribution < 1.29 is 9.47 Å². The number of nitrogens with two attached hydrogens (primary N) is 1. The molecule has 0 bridgehead atoms. The number of nitrogens with zero attached hydrogens (tertiary/aromatic N) is 2. The smallest absolute Gasteiger partial charge is 0.205 e. The molecule has 1 aliphatic rings. The quantitative estimate of drug-likeness (QED) is 0.538. The summed E-state index contributed by atoms with van der Waals surface area (Å²) in [6, 6.07) is 0.322. The molecule has 100 valence electrons. The van der Waals surface area contributed by atoms with Crippen LogP contribution in [0.4, 0.5) is 11.6 Å². The fourth-order valence-corrected chi connectivity index (χ4v) is 2.10. The van der Waals surface area contributed by atoms with E-state index < -0.39 is 0 Å². The van der Waals surface area contributed by atoms with Crippen molar-refractivity contribution in [2.45, 2.75) is 31.9 Å². The standard InChI is InChI=1S/C11H19N5O2/c1-7-5-8(3-4-18-7)15-10-9(17-2)11(16-12)14-6-13-10/h6-8H,3-5,12H2,1-2H3,(H2,13,14,15,16). The summed E-state index contributed by atoms with van der Waals surface area (Å²) in [5.74, 6) is 7.03. The molecule has 1 aromatic heterocycles. The zero-order valence-corrected chi connectivity index (χ0v) is 10.6. The summed E-state index contributed by atoms with van der Waals surface area (Å²) >= 11 is 0. The number of rotatable bonds is 4. The molecule has 1 aliphatic heterocycles. The van der Waals surface area contributed by atoms with Crippen LogP contribution in [0.2, 0.25) is 0 Å². The largest absolute Gasteiger partial charge is 0.490 e. The highest BCUT2D eigenvalue weighted by Gasteiger charge is 2.21. The average molecular weight is 253 g/mol. The molecule has 7 nitrogen and oxygen atoms in total. The second kappa shape index (κ2) is 5.83. The van der Waals surface area contributed by atoms with E-state index in [1.54, 1.807) is 7.11 Å². The molecule has 2 heterocycles. The van der Waals surface area contributed by atoms with Crippen LogP contribution in [-0.4, -0.2) is 35.8 Å². The Bertz CT molecular complexity index is 401. The summed E-state index contributed by atoms with van der Waals surface area (Å²) in [5, 5.41) is 3.35. The second-order valence-corrected chi connectivity index (χ2v) is 4.30. The van der Waals surface area contributed by atoms with Crippen LogP contribution in [0.15, 0.2) is 6.33 Å². The molecule has 0 saturated carbocycles. The second-order valence-electron chi connectivity index (χ2n) is 4.30. The predicted octanol–water partition coefficient (Wildman–Crippen LogP) is 0.750. The van der Waals surface area contributed by atoms with E-state index in [2.05, 4.69) is 27.6 Å². The Kier molecular flexibility index (Phi) is 4.16. The Morgan fingerprint density at radius 1 is 1.44 bits per heavy atom. The lowest BCUT2D eigenvalue weighted by molar-refractivity contribution is 0.0231. The van der Waals surface area contributed by atoms with Crippen LogP contribution in [-0.2, 0) is 4.74 Å². The summed E-state index contributed by atoms with van der Waals surface area (Å²) in [5.41, 5.74) is 2.49. The molecule has 2 unspecified atom stereocenters. The van der Waals surface area contributed by atoms with Gasteiger partial charge in [-0.15, -0.1) is 0 Å². The molecule has 1 fully saturated rings. The normalized spacial score (nSPS) is 23.5. The van der Waals surface area contributed by atoms with Crippen molar-refractivity contribution >= 4 is 11.6 Å². The van der Waals surface area contributed by atoms with Crippen LogP contribution in [0.1, 0.15) is 19.8 Å². The molecule has 0 amide bonds. The van der Waals surface area contributed by atoms with Gasteiger partial charge in [0, 0.05) is 12.6 Å². The first-order valence-corrected chi connectivity index (χ1v) is 5.98. The van der Waals surface area contributed by atoms with Crippen LogP contribution >= 0.6 is 0 Å². The van der Waals surface area contributed by atoms with Crippen molar-refractivity contribution in [3.63, 3.8) is 0 Å². The minimum absolute atomic E-state index is 0.260. The lowest BCUT2D eigenvalue weighted by Gasteiger charge is -2.28. The zero-order valence-electron chi connectivity index (χ0n) is 10.6. The van der Waals surface area contributed by atoms with Gasteiger partial charge in [0.05, 0.1) is 13.2 Å². The van der Waals surface area contributed by atoms with Gasteiger partial charge in [0.1, 0.15) is 6.33 Å². The van der Waals surface area contributed by atoms with Crippen LogP contribution in [0, 0.1) is 0 Å². The number of hydrogen-bond donors (Lipinski definition) is 3. The Labute approximate surface area is 106 Å². The molecule has 18 heavy (non-hydrogen) atoms. The van der Waals surface area contributed by atoms with Crippen molar-refractivity contribution in [1.29, 1.82) is 0 Å². The van der Waals surface area contributed by atoms with Gasteiger partial charge in [-0.2, -0.15) is 0 Å². The fourth-order valence-electron chi connectivity index (χ4n) is 2.10. The molecule has 0 aliphatic carbocycles. The topological polar surface area (TPSA) is 94.3 Å². The van der Waals surface area contributed by atoms with Gasteiger partial charge in [0.25, 0.3) is 0 Å². The molecule has 0 aromatic carbocycles. The molecule has 7 heteroatoms. The molecule has 4 N–H and O–H groups in total. The average Bonchev–Trinajstić information content (AvgIpc) is 2.38. The van der Waals surface area contributed by atoms with E-state index in [-0.39, 0.29) is 6.10 Å². The first-order chi connectivity index (χ1) is 8.74. The number of ether oxygens (including phenoxy) is 2. The fraction of sp³-hybridized carbons (Fsp3) is 0.636. The summed E-state index contributed by atoms with van der Waals surface area (Å²) in [4.78, 5) is 8.19. The van der Waals surface area contributed by atoms with E-state index in [0.29, 0.717) is 23.4 Å². The third kappa shape index (κ3) is 2.80. The Balaban J connectivity index is 2.12. The van der Waals surface area contributed by atoms with Gasteiger partial charge in [-0.1, -0.05) is 0 Å². The minimum Gasteiger partial charge on any atom is -0.490 e. The molecule has 2 atom stereocenters. The van der Waals surface area contributed by atoms with Gasteiger partial charge in [0.15, 0.2) is 11.6 Å². The molecule has 2 rings (SSSR count). The maximum atomic E-state index is 5.51. The third-order valence-corrected chi connectivity index (χ3v) is 2.97. The highest BCUT2D eigenvalue weighted by atomic mass is 16.5. The maximum absolute atomic E-state index is 5.51. The van der Waals surface area contributed by atoms with Crippen LogP contribution < -0.4 is 21.3 Å². The first-order valence-electron chi connectivity index (χ1n) is 5.98. The van der Waals surface area contributed by atoms with E-state index in [1.165, 1.54) is 6.33 Å². The maximum Gasteiger partial charge on any atom is 0.205 e. The molecule has 0 spiro atoms. The number of hydrogen-bond acceptors (Lipinski definition) is 7. The molecular weight excluding hydrogens is 234 g/mol. The summed E-state index contributed by atoms with van der Waals surface area (Å²) < 4.78 is 10.8. The number of nitrogen functional groups attached to an aromatic ring is 1. The van der Waals surface area contributed by atoms with E-state index in [0.717, 1.165) is 19.4 Å². The Hall–Kier alpha value is -1.60. The highest BCUT2D eigenvalue weighted by Crippen LogP contribution is 2.30. The molecule has 1 aromatic rings. The number of methoxy groups -OCH3 is 1. The van der Waals surface area contributed by atoms with Crippen LogP contribution in [0.25, 0.3) is 0 Å². The van der Waals surface area contributed by atoms with Gasteiger partial charge in [0.2, 0.25) is 5.75 Å². The lowest BCUT2D eigenvalue weighted by Crippen LogP contribution is -2.33. The summed E-state index contributed by atoms with van der Waals surface area (Å²) in [7, 11) is 1.57. The van der Waals surface area contributed by atoms with Gasteiger partial charge < -0.3 is 20.2 Å². The van der Waals surface area contributed by atoms with E-state index in [4.69, 9.17) is 15.3 Å². The summed E-state index contributed by atoms with van der Waals surface area (Å²) in [6.45, 7) is 2.83. The van der Waals surface area contributed by atoms with E-state index >= 15 is 0 Å². The number of hydrazine groups is 1. The first kappa shape index (κ1) is 12.8. The Morgan fingerprint density at radius 3 is 2.89 bits per heavy atom. The van der Waals surface area contributed by atoms with Crippen molar-refractivity contribution in [1.82, 2.24) is 9.97 Å². The van der Waals surface area contributed by atoms with E-state index in [9.17, 15) is 0 Å². The van der Waals surface area contributed by atoms with Gasteiger partial charge in [-0.25, -0.2) is 15.8 Å². The van der Waals surface area contributed by atoms with Crippen LogP contribution in [0.3, 0.4) is 0 Å². The van der Waals surface area contributed by atoms with Crippen molar-refractivity contribution in [2.75, 3.05) is 24.5 Å². The molecular formula is C11H19N5O2. The molecule has 0 radical (unpaired) electrons.